The van der Waals surface area contributed by atoms with Crippen molar-refractivity contribution < 1.29 is 34.1 Å². The molecule has 10 nitrogen and oxygen atoms in total. The average Bonchev–Trinajstić information content (AvgIpc) is 3.28. The monoisotopic (exact) mass is 450 g/mol. The van der Waals surface area contributed by atoms with Crippen LogP contribution in [-0.2, 0) is 16.1 Å². The third kappa shape index (κ3) is 7.34. The zero-order valence-electron chi connectivity index (χ0n) is 17.4. The van der Waals surface area contributed by atoms with Crippen molar-refractivity contribution in [3.8, 4) is 5.75 Å². The summed E-state index contributed by atoms with van der Waals surface area (Å²) in [5.74, 6) is -2.37. The SMILES string of the molecule is O=C(N[C@@H]1C[C@@H](C(=O)NCCCn2ccnc2)CC[C@H]1O)c1ccc(F)c(O)c1.O=CO. The lowest BCUT2D eigenvalue weighted by atomic mass is 9.83. The largest absolute Gasteiger partial charge is 0.505 e. The van der Waals surface area contributed by atoms with Crippen LogP contribution in [0.1, 0.15) is 36.0 Å². The topological polar surface area (TPSA) is 154 Å². The van der Waals surface area contributed by atoms with Gasteiger partial charge in [-0.1, -0.05) is 0 Å². The molecule has 2 amide bonds. The first-order valence-electron chi connectivity index (χ1n) is 10.1. The number of hydrogen-bond donors (Lipinski definition) is 5. The van der Waals surface area contributed by atoms with Crippen molar-refractivity contribution >= 4 is 18.3 Å². The van der Waals surface area contributed by atoms with Gasteiger partial charge in [-0.05, 0) is 43.9 Å². The van der Waals surface area contributed by atoms with E-state index in [0.29, 0.717) is 25.8 Å². The molecular weight excluding hydrogens is 423 g/mol. The van der Waals surface area contributed by atoms with Crippen LogP contribution in [0.3, 0.4) is 0 Å². The van der Waals surface area contributed by atoms with Crippen molar-refractivity contribution in [3.05, 3.63) is 48.3 Å². The number of imidazole rings is 1. The highest BCUT2D eigenvalue weighted by molar-refractivity contribution is 5.94. The van der Waals surface area contributed by atoms with Crippen LogP contribution in [0.15, 0.2) is 36.9 Å². The first-order valence-corrected chi connectivity index (χ1v) is 10.1. The van der Waals surface area contributed by atoms with Crippen LogP contribution < -0.4 is 10.6 Å². The number of aryl methyl sites for hydroxylation is 1. The minimum atomic E-state index is -0.816. The van der Waals surface area contributed by atoms with Crippen molar-refractivity contribution in [1.29, 1.82) is 0 Å². The molecule has 3 rings (SSSR count). The minimum absolute atomic E-state index is 0.0853. The Balaban J connectivity index is 0.00000114. The van der Waals surface area contributed by atoms with E-state index in [9.17, 15) is 24.2 Å². The van der Waals surface area contributed by atoms with Crippen LogP contribution in [0.2, 0.25) is 0 Å². The van der Waals surface area contributed by atoms with Gasteiger partial charge in [-0.15, -0.1) is 0 Å². The third-order valence-electron chi connectivity index (χ3n) is 5.16. The van der Waals surface area contributed by atoms with Crippen molar-refractivity contribution in [2.24, 2.45) is 5.92 Å². The number of aromatic nitrogens is 2. The maximum Gasteiger partial charge on any atom is 0.290 e. The molecule has 1 saturated carbocycles. The highest BCUT2D eigenvalue weighted by Gasteiger charge is 2.33. The Morgan fingerprint density at radius 1 is 1.31 bits per heavy atom. The molecule has 0 bridgehead atoms. The fourth-order valence-electron chi connectivity index (χ4n) is 3.49. The summed E-state index contributed by atoms with van der Waals surface area (Å²) in [5.41, 5.74) is 0.0853. The first kappa shape index (κ1) is 24.8. The second-order valence-electron chi connectivity index (χ2n) is 7.37. The number of carbonyl (C=O) groups is 3. The van der Waals surface area contributed by atoms with Gasteiger partial charge in [0.25, 0.3) is 12.4 Å². The number of rotatable bonds is 7. The van der Waals surface area contributed by atoms with Gasteiger partial charge < -0.3 is 30.5 Å². The van der Waals surface area contributed by atoms with E-state index < -0.39 is 29.6 Å². The Labute approximate surface area is 184 Å². The molecule has 1 heterocycles. The molecule has 1 aliphatic rings. The maximum absolute atomic E-state index is 13.2. The van der Waals surface area contributed by atoms with Crippen molar-refractivity contribution in [2.45, 2.75) is 44.4 Å². The highest BCUT2D eigenvalue weighted by Crippen LogP contribution is 2.26. The molecule has 1 aromatic carbocycles. The lowest BCUT2D eigenvalue weighted by Gasteiger charge is -2.33. The number of carbonyl (C=O) groups excluding carboxylic acids is 2. The van der Waals surface area contributed by atoms with Crippen LogP contribution >= 0.6 is 0 Å². The van der Waals surface area contributed by atoms with E-state index in [4.69, 9.17) is 9.90 Å². The van der Waals surface area contributed by atoms with Gasteiger partial charge in [-0.3, -0.25) is 14.4 Å². The van der Waals surface area contributed by atoms with Crippen molar-refractivity contribution in [2.75, 3.05) is 6.54 Å². The molecule has 3 atom stereocenters. The summed E-state index contributed by atoms with van der Waals surface area (Å²) >= 11 is 0. The quantitative estimate of drug-likeness (QED) is 0.310. The van der Waals surface area contributed by atoms with Crippen LogP contribution in [0, 0.1) is 11.7 Å². The molecule has 174 valence electrons. The van der Waals surface area contributed by atoms with E-state index in [1.807, 2.05) is 10.8 Å². The molecule has 32 heavy (non-hydrogen) atoms. The number of nitrogens with zero attached hydrogens (tertiary/aromatic N) is 2. The fourth-order valence-corrected chi connectivity index (χ4v) is 3.49. The number of phenolic OH excluding ortho intramolecular Hbond substituents is 1. The maximum atomic E-state index is 13.2. The van der Waals surface area contributed by atoms with Crippen LogP contribution in [0.5, 0.6) is 5.75 Å². The van der Waals surface area contributed by atoms with Gasteiger partial charge in [0, 0.05) is 37.0 Å². The molecule has 5 N–H and O–H groups in total. The lowest BCUT2D eigenvalue weighted by molar-refractivity contribution is -0.127. The van der Waals surface area contributed by atoms with E-state index in [1.165, 1.54) is 6.07 Å². The summed E-state index contributed by atoms with van der Waals surface area (Å²) in [4.78, 5) is 37.1. The van der Waals surface area contributed by atoms with Gasteiger partial charge in [-0.2, -0.15) is 0 Å². The fraction of sp³-hybridized carbons (Fsp3) is 0.429. The Kier molecular flexibility index (Phi) is 9.61. The van der Waals surface area contributed by atoms with E-state index in [1.54, 1.807) is 12.5 Å². The van der Waals surface area contributed by atoms with Gasteiger partial charge in [0.2, 0.25) is 5.91 Å². The lowest BCUT2D eigenvalue weighted by Crippen LogP contribution is -2.49. The van der Waals surface area contributed by atoms with Crippen LogP contribution in [-0.4, -0.2) is 61.8 Å². The van der Waals surface area contributed by atoms with Crippen LogP contribution in [0.25, 0.3) is 0 Å². The molecule has 0 unspecified atom stereocenters. The Bertz CT molecular complexity index is 892. The predicted octanol–water partition coefficient (Wildman–Crippen LogP) is 0.894. The predicted molar refractivity (Wildman–Crippen MR) is 111 cm³/mol. The minimum Gasteiger partial charge on any atom is -0.505 e. The summed E-state index contributed by atoms with van der Waals surface area (Å²) in [5, 5.41) is 32.1. The van der Waals surface area contributed by atoms with Crippen LogP contribution in [0.4, 0.5) is 4.39 Å². The molecule has 1 aromatic heterocycles. The molecule has 11 heteroatoms. The Morgan fingerprint density at radius 2 is 2.06 bits per heavy atom. The summed E-state index contributed by atoms with van der Waals surface area (Å²) in [7, 11) is 0. The molecule has 0 radical (unpaired) electrons. The standard InChI is InChI=1S/C20H25FN4O4.CH2O2/c21-15-4-2-14(11-18(15)27)20(29)24-16-10-13(3-5-17(16)26)19(28)23-6-1-8-25-9-7-22-12-25;2-1-3/h2,4,7,9,11-13,16-17,26-27H,1,3,5-6,8,10H2,(H,23,28)(H,24,29);1H,(H,2,3)/t13-,16+,17+;/m0./s1. The van der Waals surface area contributed by atoms with Gasteiger partial charge in [0.15, 0.2) is 11.6 Å². The summed E-state index contributed by atoms with van der Waals surface area (Å²) in [6.45, 7) is 1.04. The summed E-state index contributed by atoms with van der Waals surface area (Å²) < 4.78 is 15.1. The molecule has 0 spiro atoms. The highest BCUT2D eigenvalue weighted by atomic mass is 19.1. The number of halogens is 1. The molecule has 2 aromatic rings. The number of benzene rings is 1. The number of aliphatic hydroxyl groups excluding tert-OH is 1. The normalized spacial score (nSPS) is 19.9. The van der Waals surface area contributed by atoms with E-state index >= 15 is 0 Å². The Morgan fingerprint density at radius 3 is 2.72 bits per heavy atom. The zero-order valence-corrected chi connectivity index (χ0v) is 17.4. The van der Waals surface area contributed by atoms with Gasteiger partial charge >= 0.3 is 0 Å². The summed E-state index contributed by atoms with van der Waals surface area (Å²) in [6, 6.07) is 2.70. The number of phenols is 1. The smallest absolute Gasteiger partial charge is 0.290 e. The van der Waals surface area contributed by atoms with Gasteiger partial charge in [0.1, 0.15) is 0 Å². The molecule has 0 aliphatic heterocycles. The molecule has 1 aliphatic carbocycles. The number of nitrogens with one attached hydrogen (secondary N) is 2. The zero-order chi connectivity index (χ0) is 23.5. The number of amides is 2. The van der Waals surface area contributed by atoms with E-state index in [-0.39, 0.29) is 23.9 Å². The third-order valence-corrected chi connectivity index (χ3v) is 5.16. The summed E-state index contributed by atoms with van der Waals surface area (Å²) in [6.07, 6.45) is 6.53. The number of aromatic hydroxyl groups is 1. The molecular formula is C21H27FN4O6. The number of hydrogen-bond acceptors (Lipinski definition) is 6. The van der Waals surface area contributed by atoms with Crippen molar-refractivity contribution in [3.63, 3.8) is 0 Å². The molecule has 1 fully saturated rings. The molecule has 0 saturated heterocycles. The van der Waals surface area contributed by atoms with Gasteiger partial charge in [0.05, 0.1) is 18.5 Å². The van der Waals surface area contributed by atoms with Gasteiger partial charge in [-0.25, -0.2) is 9.37 Å². The first-order chi connectivity index (χ1) is 15.3. The Hall–Kier alpha value is -3.47. The van der Waals surface area contributed by atoms with Crippen molar-refractivity contribution in [1.82, 2.24) is 20.2 Å². The van der Waals surface area contributed by atoms with E-state index in [0.717, 1.165) is 25.1 Å². The number of carboxylic acid groups (broad SMARTS) is 1. The second-order valence-corrected chi connectivity index (χ2v) is 7.37. The average molecular weight is 450 g/mol. The number of aliphatic hydroxyl groups is 1. The van der Waals surface area contributed by atoms with E-state index in [2.05, 4.69) is 15.6 Å². The second kappa shape index (κ2) is 12.4.